The van der Waals surface area contributed by atoms with Crippen LogP contribution < -0.4 is 10.9 Å². The van der Waals surface area contributed by atoms with Crippen molar-refractivity contribution in [3.63, 3.8) is 0 Å². The van der Waals surface area contributed by atoms with Gasteiger partial charge in [0.2, 0.25) is 5.91 Å². The standard InChI is InChI=1S/C28H37N7O3/c1-32-11-3-4-20(17-32)15-29-22-5-2-6-23(14-22)35-25-24(16-31-35)27(37)34(19-30-25)18-28(38)9-12-33(13-10-28)26(36)21-7-8-21/h2,5-6,14,16,19-21,29,38H,3-4,7-13,15,17-18H2,1H3. The van der Waals surface area contributed by atoms with Gasteiger partial charge in [-0.25, -0.2) is 9.67 Å². The highest BCUT2D eigenvalue weighted by molar-refractivity contribution is 5.81. The maximum absolute atomic E-state index is 13.3. The van der Waals surface area contributed by atoms with Crippen LogP contribution in [0.3, 0.4) is 0 Å². The number of nitrogens with one attached hydrogen (secondary N) is 1. The molecule has 2 N–H and O–H groups in total. The molecule has 1 aromatic carbocycles. The minimum absolute atomic E-state index is 0.154. The molecule has 0 bridgehead atoms. The number of piperidine rings is 2. The van der Waals surface area contributed by atoms with Gasteiger partial charge in [-0.05, 0) is 76.2 Å². The van der Waals surface area contributed by atoms with Crippen LogP contribution in [0.2, 0.25) is 0 Å². The van der Waals surface area contributed by atoms with E-state index in [1.165, 1.54) is 30.3 Å². The molecule has 2 aromatic heterocycles. The smallest absolute Gasteiger partial charge is 0.264 e. The van der Waals surface area contributed by atoms with Gasteiger partial charge in [0.1, 0.15) is 11.7 Å². The zero-order chi connectivity index (χ0) is 26.3. The van der Waals surface area contributed by atoms with E-state index in [1.54, 1.807) is 10.9 Å². The predicted molar refractivity (Wildman–Crippen MR) is 145 cm³/mol. The lowest BCUT2D eigenvalue weighted by atomic mass is 9.91. The number of carbonyl (C=O) groups excluding carboxylic acids is 1. The van der Waals surface area contributed by atoms with Gasteiger partial charge in [-0.1, -0.05) is 6.07 Å². The van der Waals surface area contributed by atoms with Crippen LogP contribution in [0, 0.1) is 11.8 Å². The second-order valence-electron chi connectivity index (χ2n) is 11.5. The highest BCUT2D eigenvalue weighted by Gasteiger charge is 2.39. The molecule has 4 heterocycles. The Morgan fingerprint density at radius 3 is 2.76 bits per heavy atom. The molecule has 0 spiro atoms. The Labute approximate surface area is 222 Å². The Hall–Kier alpha value is -3.24. The zero-order valence-electron chi connectivity index (χ0n) is 22.1. The lowest BCUT2D eigenvalue weighted by Crippen LogP contribution is -2.50. The number of aromatic nitrogens is 4. The quantitative estimate of drug-likeness (QED) is 0.492. The summed E-state index contributed by atoms with van der Waals surface area (Å²) < 4.78 is 3.17. The molecule has 2 saturated heterocycles. The van der Waals surface area contributed by atoms with Crippen molar-refractivity contribution in [1.82, 2.24) is 29.1 Å². The van der Waals surface area contributed by atoms with Gasteiger partial charge in [0, 0.05) is 37.8 Å². The predicted octanol–water partition coefficient (Wildman–Crippen LogP) is 2.10. The molecule has 3 aliphatic rings. The van der Waals surface area contributed by atoms with Gasteiger partial charge in [-0.15, -0.1) is 0 Å². The number of hydrogen-bond donors (Lipinski definition) is 2. The molecule has 1 amide bonds. The second kappa shape index (κ2) is 10.1. The summed E-state index contributed by atoms with van der Waals surface area (Å²) in [5.41, 5.74) is 1.09. The second-order valence-corrected chi connectivity index (χ2v) is 11.5. The molecular formula is C28H37N7O3. The molecule has 1 saturated carbocycles. The van der Waals surface area contributed by atoms with E-state index in [4.69, 9.17) is 0 Å². The molecule has 3 aromatic rings. The fraction of sp³-hybridized carbons (Fsp3) is 0.571. The number of benzene rings is 1. The van der Waals surface area contributed by atoms with Gasteiger partial charge >= 0.3 is 0 Å². The molecule has 1 atom stereocenters. The normalized spacial score (nSPS) is 22.1. The highest BCUT2D eigenvalue weighted by atomic mass is 16.3. The average Bonchev–Trinajstić information content (AvgIpc) is 3.68. The summed E-state index contributed by atoms with van der Waals surface area (Å²) in [6.45, 7) is 4.41. The van der Waals surface area contributed by atoms with Gasteiger partial charge in [0.15, 0.2) is 5.65 Å². The number of fused-ring (bicyclic) bond motifs is 1. The molecule has 3 fully saturated rings. The Bertz CT molecular complexity index is 1370. The SMILES string of the molecule is CN1CCCC(CNc2cccc(-n3ncc4c(=O)n(CC5(O)CCN(C(=O)C6CC6)CC5)cnc43)c2)C1. The van der Waals surface area contributed by atoms with Crippen molar-refractivity contribution >= 4 is 22.6 Å². The van der Waals surface area contributed by atoms with Gasteiger partial charge in [0.25, 0.3) is 5.56 Å². The van der Waals surface area contributed by atoms with Crippen LogP contribution in [0.4, 0.5) is 5.69 Å². The van der Waals surface area contributed by atoms with Crippen LogP contribution in [0.5, 0.6) is 0 Å². The summed E-state index contributed by atoms with van der Waals surface area (Å²) in [5.74, 6) is 1.02. The molecule has 6 rings (SSSR count). The third-order valence-electron chi connectivity index (χ3n) is 8.36. The van der Waals surface area contributed by atoms with Crippen molar-refractivity contribution in [2.75, 3.05) is 45.1 Å². The molecular weight excluding hydrogens is 482 g/mol. The molecule has 2 aliphatic heterocycles. The van der Waals surface area contributed by atoms with E-state index in [-0.39, 0.29) is 23.9 Å². The van der Waals surface area contributed by atoms with Crippen molar-refractivity contribution in [1.29, 1.82) is 0 Å². The van der Waals surface area contributed by atoms with E-state index in [0.717, 1.165) is 37.3 Å². The first-order valence-corrected chi connectivity index (χ1v) is 13.9. The number of nitrogens with zero attached hydrogens (tertiary/aromatic N) is 6. The Morgan fingerprint density at radius 2 is 2.00 bits per heavy atom. The Balaban J connectivity index is 1.15. The van der Waals surface area contributed by atoms with Crippen LogP contribution in [0.25, 0.3) is 16.7 Å². The molecule has 10 nitrogen and oxygen atoms in total. The third kappa shape index (κ3) is 5.19. The minimum atomic E-state index is -1.04. The lowest BCUT2D eigenvalue weighted by Gasteiger charge is -2.38. The van der Waals surface area contributed by atoms with Crippen molar-refractivity contribution in [3.05, 3.63) is 47.1 Å². The number of amides is 1. The fourth-order valence-electron chi connectivity index (χ4n) is 5.91. The number of carbonyl (C=O) groups is 1. The van der Waals surface area contributed by atoms with Crippen molar-refractivity contribution in [2.24, 2.45) is 11.8 Å². The van der Waals surface area contributed by atoms with E-state index in [0.29, 0.717) is 42.9 Å². The number of likely N-dealkylation sites (tertiary alicyclic amines) is 2. The number of aliphatic hydroxyl groups is 1. The van der Waals surface area contributed by atoms with E-state index in [9.17, 15) is 14.7 Å². The van der Waals surface area contributed by atoms with Crippen LogP contribution in [0.1, 0.15) is 38.5 Å². The van der Waals surface area contributed by atoms with Crippen LogP contribution >= 0.6 is 0 Å². The van der Waals surface area contributed by atoms with E-state index in [2.05, 4.69) is 27.3 Å². The van der Waals surface area contributed by atoms with Gasteiger partial charge < -0.3 is 20.2 Å². The first-order valence-electron chi connectivity index (χ1n) is 13.9. The molecule has 38 heavy (non-hydrogen) atoms. The summed E-state index contributed by atoms with van der Waals surface area (Å²) in [5, 5.41) is 19.7. The summed E-state index contributed by atoms with van der Waals surface area (Å²) in [4.78, 5) is 34.5. The number of hydrogen-bond acceptors (Lipinski definition) is 7. The topological polar surface area (TPSA) is 109 Å². The van der Waals surface area contributed by atoms with Crippen LogP contribution in [0.15, 0.2) is 41.6 Å². The summed E-state index contributed by atoms with van der Waals surface area (Å²) >= 11 is 0. The largest absolute Gasteiger partial charge is 0.388 e. The minimum Gasteiger partial charge on any atom is -0.388 e. The van der Waals surface area contributed by atoms with Crippen molar-refractivity contribution in [3.8, 4) is 5.69 Å². The molecule has 202 valence electrons. The monoisotopic (exact) mass is 519 g/mol. The number of anilines is 1. The fourth-order valence-corrected chi connectivity index (χ4v) is 5.91. The summed E-state index contributed by atoms with van der Waals surface area (Å²) in [6.07, 6.45) is 8.40. The molecule has 1 aliphatic carbocycles. The highest BCUT2D eigenvalue weighted by Crippen LogP contribution is 2.33. The van der Waals surface area contributed by atoms with E-state index in [1.807, 2.05) is 29.2 Å². The van der Waals surface area contributed by atoms with E-state index < -0.39 is 5.60 Å². The summed E-state index contributed by atoms with van der Waals surface area (Å²) in [6, 6.07) is 8.02. The van der Waals surface area contributed by atoms with Gasteiger partial charge in [-0.3, -0.25) is 14.2 Å². The van der Waals surface area contributed by atoms with Crippen molar-refractivity contribution in [2.45, 2.75) is 50.7 Å². The first kappa shape index (κ1) is 25.1. The summed E-state index contributed by atoms with van der Waals surface area (Å²) in [7, 11) is 2.18. The van der Waals surface area contributed by atoms with Gasteiger partial charge in [0.05, 0.1) is 24.0 Å². The molecule has 1 unspecified atom stereocenters. The maximum Gasteiger partial charge on any atom is 0.264 e. The van der Waals surface area contributed by atoms with Crippen LogP contribution in [-0.2, 0) is 11.3 Å². The molecule has 0 radical (unpaired) electrons. The Morgan fingerprint density at radius 1 is 1.18 bits per heavy atom. The first-order chi connectivity index (χ1) is 18.4. The van der Waals surface area contributed by atoms with Crippen molar-refractivity contribution < 1.29 is 9.90 Å². The average molecular weight is 520 g/mol. The van der Waals surface area contributed by atoms with Crippen LogP contribution in [-0.4, -0.2) is 85.5 Å². The maximum atomic E-state index is 13.3. The van der Waals surface area contributed by atoms with E-state index >= 15 is 0 Å². The number of rotatable bonds is 7. The molecule has 10 heteroatoms. The lowest BCUT2D eigenvalue weighted by molar-refractivity contribution is -0.137. The third-order valence-corrected chi connectivity index (χ3v) is 8.36. The Kier molecular flexibility index (Phi) is 6.69. The zero-order valence-corrected chi connectivity index (χ0v) is 22.1. The van der Waals surface area contributed by atoms with Gasteiger partial charge in [-0.2, -0.15) is 5.10 Å².